The van der Waals surface area contributed by atoms with Gasteiger partial charge in [0.25, 0.3) is 0 Å². The number of benzene rings is 1. The molecule has 3 nitrogen and oxygen atoms in total. The first-order chi connectivity index (χ1) is 8.36. The average molecular weight is 313 g/mol. The van der Waals surface area contributed by atoms with E-state index in [1.165, 1.54) is 0 Å². The van der Waals surface area contributed by atoms with E-state index in [4.69, 9.17) is 0 Å². The number of hydrogen-bond donors (Lipinski definition) is 2. The third kappa shape index (κ3) is 4.10. The van der Waals surface area contributed by atoms with E-state index in [1.807, 2.05) is 52.0 Å². The van der Waals surface area contributed by atoms with E-state index in [0.29, 0.717) is 0 Å². The molecule has 1 aromatic rings. The summed E-state index contributed by atoms with van der Waals surface area (Å²) in [5, 5.41) is 6.19. The van der Waals surface area contributed by atoms with Crippen LogP contribution in [0.15, 0.2) is 28.7 Å². The molecule has 0 saturated carbocycles. The first kappa shape index (κ1) is 15.2. The van der Waals surface area contributed by atoms with Crippen molar-refractivity contribution >= 4 is 21.8 Å². The van der Waals surface area contributed by atoms with E-state index in [9.17, 15) is 4.79 Å². The van der Waals surface area contributed by atoms with Crippen molar-refractivity contribution in [3.63, 3.8) is 0 Å². The highest BCUT2D eigenvalue weighted by molar-refractivity contribution is 9.10. The average Bonchev–Trinajstić information content (AvgIpc) is 2.29. The number of likely N-dealkylation sites (N-methyl/N-ethyl adjacent to an activating group) is 1. The van der Waals surface area contributed by atoms with Gasteiger partial charge in [0.1, 0.15) is 0 Å². The second-order valence-corrected chi connectivity index (χ2v) is 5.82. The van der Waals surface area contributed by atoms with Crippen LogP contribution in [0.25, 0.3) is 0 Å². The predicted molar refractivity (Wildman–Crippen MR) is 78.5 cm³/mol. The van der Waals surface area contributed by atoms with E-state index in [-0.39, 0.29) is 11.9 Å². The molecule has 2 N–H and O–H groups in total. The zero-order valence-electron chi connectivity index (χ0n) is 11.4. The third-order valence-corrected chi connectivity index (χ3v) is 3.43. The Labute approximate surface area is 117 Å². The molecular formula is C14H21BrN2O. The van der Waals surface area contributed by atoms with E-state index in [2.05, 4.69) is 26.6 Å². The van der Waals surface area contributed by atoms with Gasteiger partial charge in [0.15, 0.2) is 0 Å². The largest absolute Gasteiger partial charge is 0.348 e. The van der Waals surface area contributed by atoms with Crippen LogP contribution in [0, 0.1) is 0 Å². The highest BCUT2D eigenvalue weighted by Gasteiger charge is 2.27. The molecule has 1 rings (SSSR count). The molecule has 1 atom stereocenters. The molecule has 0 heterocycles. The summed E-state index contributed by atoms with van der Waals surface area (Å²) in [6.07, 6.45) is 0. The summed E-state index contributed by atoms with van der Waals surface area (Å²) in [5.74, 6) is 0.0137. The van der Waals surface area contributed by atoms with Gasteiger partial charge in [0.05, 0.1) is 11.6 Å². The number of carbonyl (C=O) groups is 1. The van der Waals surface area contributed by atoms with Gasteiger partial charge in [-0.25, -0.2) is 0 Å². The van der Waals surface area contributed by atoms with E-state index < -0.39 is 5.54 Å². The monoisotopic (exact) mass is 312 g/mol. The fourth-order valence-corrected chi connectivity index (χ4v) is 2.00. The van der Waals surface area contributed by atoms with Gasteiger partial charge < -0.3 is 10.6 Å². The van der Waals surface area contributed by atoms with Gasteiger partial charge >= 0.3 is 0 Å². The molecule has 0 saturated heterocycles. The number of carbonyl (C=O) groups excluding carboxylic acids is 1. The summed E-state index contributed by atoms with van der Waals surface area (Å²) in [7, 11) is 0. The van der Waals surface area contributed by atoms with Crippen LogP contribution >= 0.6 is 15.9 Å². The Hall–Kier alpha value is -0.870. The summed E-state index contributed by atoms with van der Waals surface area (Å²) in [6.45, 7) is 8.53. The van der Waals surface area contributed by atoms with Crippen LogP contribution in [0.1, 0.15) is 39.3 Å². The Bertz CT molecular complexity index is 401. The topological polar surface area (TPSA) is 41.1 Å². The molecule has 18 heavy (non-hydrogen) atoms. The van der Waals surface area contributed by atoms with E-state index in [1.54, 1.807) is 0 Å². The number of rotatable bonds is 5. The molecule has 0 aliphatic rings. The van der Waals surface area contributed by atoms with Crippen molar-refractivity contribution < 1.29 is 4.79 Å². The summed E-state index contributed by atoms with van der Waals surface area (Å²) in [5.41, 5.74) is 0.553. The van der Waals surface area contributed by atoms with Crippen LogP contribution in [0.2, 0.25) is 0 Å². The van der Waals surface area contributed by atoms with Crippen LogP contribution in [0.3, 0.4) is 0 Å². The quantitative estimate of drug-likeness (QED) is 0.877. The summed E-state index contributed by atoms with van der Waals surface area (Å²) in [4.78, 5) is 12.1. The van der Waals surface area contributed by atoms with Gasteiger partial charge in [0, 0.05) is 4.47 Å². The van der Waals surface area contributed by atoms with Crippen molar-refractivity contribution in [3.8, 4) is 0 Å². The second kappa shape index (κ2) is 6.34. The fraction of sp³-hybridized carbons (Fsp3) is 0.500. The van der Waals surface area contributed by atoms with Crippen LogP contribution in [-0.4, -0.2) is 18.0 Å². The smallest absolute Gasteiger partial charge is 0.240 e. The zero-order chi connectivity index (χ0) is 13.8. The second-order valence-electron chi connectivity index (χ2n) is 4.90. The SMILES string of the molecule is CCNC(C)(C)C(=O)NC(C)c1ccc(Br)cc1. The molecule has 1 aromatic carbocycles. The maximum atomic E-state index is 12.1. The molecule has 100 valence electrons. The third-order valence-electron chi connectivity index (χ3n) is 2.90. The van der Waals surface area contributed by atoms with Gasteiger partial charge in [-0.05, 0) is 45.0 Å². The van der Waals surface area contributed by atoms with Gasteiger partial charge in [0.2, 0.25) is 5.91 Å². The highest BCUT2D eigenvalue weighted by atomic mass is 79.9. The van der Waals surface area contributed by atoms with Gasteiger partial charge in [-0.3, -0.25) is 4.79 Å². The summed E-state index contributed by atoms with van der Waals surface area (Å²) in [6, 6.07) is 7.98. The number of hydrogen-bond acceptors (Lipinski definition) is 2. The summed E-state index contributed by atoms with van der Waals surface area (Å²) >= 11 is 3.40. The van der Waals surface area contributed by atoms with E-state index >= 15 is 0 Å². The zero-order valence-corrected chi connectivity index (χ0v) is 13.0. The Morgan fingerprint density at radius 3 is 2.39 bits per heavy atom. The highest BCUT2D eigenvalue weighted by Crippen LogP contribution is 2.17. The molecular weight excluding hydrogens is 292 g/mol. The lowest BCUT2D eigenvalue weighted by atomic mass is 10.0. The normalized spacial score (nSPS) is 13.2. The number of halogens is 1. The minimum Gasteiger partial charge on any atom is -0.348 e. The van der Waals surface area contributed by atoms with Crippen molar-refractivity contribution in [2.45, 2.75) is 39.3 Å². The molecule has 1 unspecified atom stereocenters. The minimum absolute atomic E-state index is 0.00327. The van der Waals surface area contributed by atoms with Crippen LogP contribution < -0.4 is 10.6 Å². The molecule has 0 aliphatic carbocycles. The van der Waals surface area contributed by atoms with Gasteiger partial charge in [-0.15, -0.1) is 0 Å². The molecule has 0 bridgehead atoms. The predicted octanol–water partition coefficient (Wildman–Crippen LogP) is 3.01. The van der Waals surface area contributed by atoms with Gasteiger partial charge in [-0.2, -0.15) is 0 Å². The van der Waals surface area contributed by atoms with Crippen molar-refractivity contribution in [2.75, 3.05) is 6.54 Å². The van der Waals surface area contributed by atoms with Crippen molar-refractivity contribution in [1.29, 1.82) is 0 Å². The lowest BCUT2D eigenvalue weighted by Crippen LogP contribution is -2.52. The molecule has 0 radical (unpaired) electrons. The first-order valence-electron chi connectivity index (χ1n) is 6.18. The maximum absolute atomic E-state index is 12.1. The molecule has 0 fully saturated rings. The Morgan fingerprint density at radius 1 is 1.33 bits per heavy atom. The van der Waals surface area contributed by atoms with Crippen LogP contribution in [0.5, 0.6) is 0 Å². The maximum Gasteiger partial charge on any atom is 0.240 e. The van der Waals surface area contributed by atoms with Crippen molar-refractivity contribution in [1.82, 2.24) is 10.6 Å². The Morgan fingerprint density at radius 2 is 1.89 bits per heavy atom. The molecule has 0 aromatic heterocycles. The standard InChI is InChI=1S/C14H21BrN2O/c1-5-16-14(3,4)13(18)17-10(2)11-6-8-12(15)9-7-11/h6-10,16H,5H2,1-4H3,(H,17,18). The Kier molecular flexibility index (Phi) is 5.35. The lowest BCUT2D eigenvalue weighted by Gasteiger charge is -2.27. The van der Waals surface area contributed by atoms with Gasteiger partial charge in [-0.1, -0.05) is 35.0 Å². The molecule has 0 spiro atoms. The Balaban J connectivity index is 2.67. The van der Waals surface area contributed by atoms with Crippen LogP contribution in [0.4, 0.5) is 0 Å². The van der Waals surface area contributed by atoms with Crippen LogP contribution in [-0.2, 0) is 4.79 Å². The van der Waals surface area contributed by atoms with E-state index in [0.717, 1.165) is 16.6 Å². The van der Waals surface area contributed by atoms with Crippen molar-refractivity contribution in [3.05, 3.63) is 34.3 Å². The number of nitrogens with one attached hydrogen (secondary N) is 2. The fourth-order valence-electron chi connectivity index (χ4n) is 1.73. The minimum atomic E-state index is -0.543. The van der Waals surface area contributed by atoms with Crippen molar-refractivity contribution in [2.24, 2.45) is 0 Å². The lowest BCUT2D eigenvalue weighted by molar-refractivity contribution is -0.127. The molecule has 4 heteroatoms. The molecule has 0 aliphatic heterocycles. The first-order valence-corrected chi connectivity index (χ1v) is 6.97. The molecule has 1 amide bonds. The number of amides is 1. The summed E-state index contributed by atoms with van der Waals surface area (Å²) < 4.78 is 1.04.